The molecule has 0 spiro atoms. The highest BCUT2D eigenvalue weighted by Gasteiger charge is 2.14. The first-order chi connectivity index (χ1) is 11.7. The summed E-state index contributed by atoms with van der Waals surface area (Å²) in [6.45, 7) is 2.05. The van der Waals surface area contributed by atoms with Crippen LogP contribution >= 0.6 is 0 Å². The zero-order valence-corrected chi connectivity index (χ0v) is 13.2. The molecule has 0 aliphatic carbocycles. The highest BCUT2D eigenvalue weighted by molar-refractivity contribution is 5.87. The summed E-state index contributed by atoms with van der Waals surface area (Å²) >= 11 is 0. The highest BCUT2D eigenvalue weighted by atomic mass is 16.5. The quantitative estimate of drug-likeness (QED) is 0.749. The third-order valence-electron chi connectivity index (χ3n) is 3.82. The number of hydrogen-bond acceptors (Lipinski definition) is 6. The lowest BCUT2D eigenvalue weighted by atomic mass is 10.1. The third kappa shape index (κ3) is 4.42. The van der Waals surface area contributed by atoms with Gasteiger partial charge in [-0.15, -0.1) is 0 Å². The third-order valence-corrected chi connectivity index (χ3v) is 3.82. The van der Waals surface area contributed by atoms with E-state index in [2.05, 4.69) is 20.6 Å². The van der Waals surface area contributed by atoms with Gasteiger partial charge in [-0.3, -0.25) is 0 Å². The Morgan fingerprint density at radius 2 is 2.12 bits per heavy atom. The van der Waals surface area contributed by atoms with Crippen molar-refractivity contribution in [3.63, 3.8) is 0 Å². The second-order valence-electron chi connectivity index (χ2n) is 5.68. The molecule has 7 heteroatoms. The summed E-state index contributed by atoms with van der Waals surface area (Å²) in [6, 6.07) is 8.84. The number of aromatic carboxylic acids is 1. The average Bonchev–Trinajstić information content (AvgIpc) is 2.61. The summed E-state index contributed by atoms with van der Waals surface area (Å²) in [7, 11) is 0. The molecule has 1 aromatic heterocycles. The number of anilines is 2. The number of nitrogens with one attached hydrogen (secondary N) is 2. The Kier molecular flexibility index (Phi) is 5.22. The average molecular weight is 328 g/mol. The normalized spacial score (nSPS) is 17.2. The van der Waals surface area contributed by atoms with Crippen molar-refractivity contribution in [2.24, 2.45) is 0 Å². The zero-order valence-electron chi connectivity index (χ0n) is 13.2. The Bertz CT molecular complexity index is 684. The maximum Gasteiger partial charge on any atom is 0.335 e. The molecule has 1 aliphatic heterocycles. The van der Waals surface area contributed by atoms with Gasteiger partial charge >= 0.3 is 5.97 Å². The molecular weight excluding hydrogens is 308 g/mol. The summed E-state index contributed by atoms with van der Waals surface area (Å²) < 4.78 is 5.45. The van der Waals surface area contributed by atoms with Crippen LogP contribution in [0, 0.1) is 0 Å². The topological polar surface area (TPSA) is 96.4 Å². The van der Waals surface area contributed by atoms with E-state index in [4.69, 9.17) is 9.84 Å². The number of rotatable bonds is 6. The van der Waals surface area contributed by atoms with Crippen molar-refractivity contribution >= 4 is 17.7 Å². The van der Waals surface area contributed by atoms with Crippen molar-refractivity contribution in [2.75, 3.05) is 23.8 Å². The Balaban J connectivity index is 1.56. The van der Waals surface area contributed by atoms with Crippen molar-refractivity contribution < 1.29 is 14.6 Å². The SMILES string of the molecule is O=C(O)c1ccc(CNc2nccc(NC3CCCOC3)n2)cc1. The predicted octanol–water partition coefficient (Wildman–Crippen LogP) is 2.38. The lowest BCUT2D eigenvalue weighted by Gasteiger charge is -2.23. The Labute approximate surface area is 140 Å². The van der Waals surface area contributed by atoms with Crippen LogP contribution < -0.4 is 10.6 Å². The van der Waals surface area contributed by atoms with Crippen LogP contribution in [0.1, 0.15) is 28.8 Å². The first-order valence-electron chi connectivity index (χ1n) is 7.94. The lowest BCUT2D eigenvalue weighted by molar-refractivity contribution is 0.0697. The van der Waals surface area contributed by atoms with E-state index in [0.717, 1.165) is 30.8 Å². The van der Waals surface area contributed by atoms with E-state index in [9.17, 15) is 4.79 Å². The molecule has 1 unspecified atom stereocenters. The second kappa shape index (κ2) is 7.74. The molecule has 2 heterocycles. The number of carbonyl (C=O) groups is 1. The van der Waals surface area contributed by atoms with Gasteiger partial charge in [0.05, 0.1) is 18.2 Å². The number of carboxylic acid groups (broad SMARTS) is 1. The molecule has 24 heavy (non-hydrogen) atoms. The van der Waals surface area contributed by atoms with Crippen molar-refractivity contribution in [3.8, 4) is 0 Å². The molecule has 1 saturated heterocycles. The summed E-state index contributed by atoms with van der Waals surface area (Å²) in [5.74, 6) is 0.367. The summed E-state index contributed by atoms with van der Waals surface area (Å²) in [4.78, 5) is 19.5. The molecule has 1 aromatic carbocycles. The smallest absolute Gasteiger partial charge is 0.335 e. The number of hydrogen-bond donors (Lipinski definition) is 3. The fraction of sp³-hybridized carbons (Fsp3) is 0.353. The van der Waals surface area contributed by atoms with Gasteiger partial charge in [0, 0.05) is 19.3 Å². The molecule has 2 aromatic rings. The molecule has 0 radical (unpaired) electrons. The van der Waals surface area contributed by atoms with E-state index < -0.39 is 5.97 Å². The first kappa shape index (κ1) is 16.2. The molecule has 1 atom stereocenters. The summed E-state index contributed by atoms with van der Waals surface area (Å²) in [6.07, 6.45) is 3.83. The van der Waals surface area contributed by atoms with E-state index in [-0.39, 0.29) is 11.6 Å². The van der Waals surface area contributed by atoms with Crippen LogP contribution in [0.25, 0.3) is 0 Å². The fourth-order valence-corrected chi connectivity index (χ4v) is 2.53. The van der Waals surface area contributed by atoms with E-state index in [1.807, 2.05) is 6.07 Å². The van der Waals surface area contributed by atoms with Crippen LogP contribution in [0.15, 0.2) is 36.5 Å². The van der Waals surface area contributed by atoms with Crippen LogP contribution in [0.2, 0.25) is 0 Å². The van der Waals surface area contributed by atoms with Crippen molar-refractivity contribution in [1.29, 1.82) is 0 Å². The Morgan fingerprint density at radius 1 is 1.29 bits per heavy atom. The highest BCUT2D eigenvalue weighted by Crippen LogP contribution is 2.14. The van der Waals surface area contributed by atoms with Crippen molar-refractivity contribution in [1.82, 2.24) is 9.97 Å². The van der Waals surface area contributed by atoms with Gasteiger partial charge in [-0.05, 0) is 36.6 Å². The molecule has 1 fully saturated rings. The minimum atomic E-state index is -0.927. The van der Waals surface area contributed by atoms with E-state index >= 15 is 0 Å². The van der Waals surface area contributed by atoms with E-state index in [1.165, 1.54) is 0 Å². The molecule has 0 amide bonds. The van der Waals surface area contributed by atoms with Gasteiger partial charge < -0.3 is 20.5 Å². The fourth-order valence-electron chi connectivity index (χ4n) is 2.53. The maximum atomic E-state index is 10.8. The van der Waals surface area contributed by atoms with Crippen molar-refractivity contribution in [2.45, 2.75) is 25.4 Å². The van der Waals surface area contributed by atoms with Gasteiger partial charge in [-0.2, -0.15) is 4.98 Å². The lowest BCUT2D eigenvalue weighted by Crippen LogP contribution is -2.30. The second-order valence-corrected chi connectivity index (χ2v) is 5.68. The number of ether oxygens (including phenoxy) is 1. The molecular formula is C17H20N4O3. The van der Waals surface area contributed by atoms with Crippen LogP contribution in [0.3, 0.4) is 0 Å². The van der Waals surface area contributed by atoms with Crippen LogP contribution in [0.4, 0.5) is 11.8 Å². The van der Waals surface area contributed by atoms with Crippen molar-refractivity contribution in [3.05, 3.63) is 47.7 Å². The van der Waals surface area contributed by atoms with Crippen LogP contribution in [-0.4, -0.2) is 40.3 Å². The van der Waals surface area contributed by atoms with Gasteiger partial charge in [-0.1, -0.05) is 12.1 Å². The van der Waals surface area contributed by atoms with Crippen LogP contribution in [-0.2, 0) is 11.3 Å². The number of nitrogens with zero attached hydrogens (tertiary/aromatic N) is 2. The van der Waals surface area contributed by atoms with Gasteiger partial charge in [0.2, 0.25) is 5.95 Å². The minimum Gasteiger partial charge on any atom is -0.478 e. The molecule has 0 bridgehead atoms. The molecule has 0 saturated carbocycles. The monoisotopic (exact) mass is 328 g/mol. The molecule has 3 rings (SSSR count). The Morgan fingerprint density at radius 3 is 2.83 bits per heavy atom. The number of carboxylic acids is 1. The largest absolute Gasteiger partial charge is 0.478 e. The van der Waals surface area contributed by atoms with Gasteiger partial charge in [0.15, 0.2) is 0 Å². The molecule has 1 aliphatic rings. The summed E-state index contributed by atoms with van der Waals surface area (Å²) in [5, 5.41) is 15.4. The van der Waals surface area contributed by atoms with Crippen LogP contribution in [0.5, 0.6) is 0 Å². The Hall–Kier alpha value is -2.67. The molecule has 7 nitrogen and oxygen atoms in total. The first-order valence-corrected chi connectivity index (χ1v) is 7.94. The van der Waals surface area contributed by atoms with E-state index in [0.29, 0.717) is 19.1 Å². The van der Waals surface area contributed by atoms with Gasteiger partial charge in [0.25, 0.3) is 0 Å². The van der Waals surface area contributed by atoms with Gasteiger partial charge in [0.1, 0.15) is 5.82 Å². The summed E-state index contributed by atoms with van der Waals surface area (Å²) in [5.41, 5.74) is 1.23. The number of benzene rings is 1. The minimum absolute atomic E-state index is 0.274. The van der Waals surface area contributed by atoms with E-state index in [1.54, 1.807) is 30.5 Å². The zero-order chi connectivity index (χ0) is 16.8. The molecule has 126 valence electrons. The van der Waals surface area contributed by atoms with Gasteiger partial charge in [-0.25, -0.2) is 9.78 Å². The standard InChI is InChI=1S/C17H20N4O3/c22-16(23)13-5-3-12(4-6-13)10-19-17-18-8-7-15(21-17)20-14-2-1-9-24-11-14/h3-8,14H,1-2,9-11H2,(H,22,23)(H2,18,19,20,21). The maximum absolute atomic E-state index is 10.8. The predicted molar refractivity (Wildman–Crippen MR) is 90.2 cm³/mol. The molecule has 3 N–H and O–H groups in total. The number of aromatic nitrogens is 2.